The molecule has 0 aliphatic rings. The number of aliphatic hydroxyl groups is 1. The zero-order chi connectivity index (χ0) is 12.8. The second-order valence-electron chi connectivity index (χ2n) is 3.90. The molecule has 0 amide bonds. The average molecular weight is 238 g/mol. The molecule has 2 nitrogen and oxygen atoms in total. The molecule has 18 heavy (non-hydrogen) atoms. The summed E-state index contributed by atoms with van der Waals surface area (Å²) in [6.45, 7) is 1.90. The van der Waals surface area contributed by atoms with Gasteiger partial charge in [-0.1, -0.05) is 35.6 Å². The van der Waals surface area contributed by atoms with Gasteiger partial charge in [-0.25, -0.2) is 0 Å². The Hall–Kier alpha value is -2.24. The zero-order valence-electron chi connectivity index (χ0n) is 10.2. The van der Waals surface area contributed by atoms with E-state index in [1.165, 1.54) is 5.56 Å². The third-order valence-corrected chi connectivity index (χ3v) is 2.40. The first-order valence-electron chi connectivity index (χ1n) is 5.72. The van der Waals surface area contributed by atoms with Crippen LogP contribution in [-0.2, 0) is 0 Å². The van der Waals surface area contributed by atoms with Crippen LogP contribution in [-0.4, -0.2) is 11.7 Å². The van der Waals surface area contributed by atoms with E-state index in [0.717, 1.165) is 17.1 Å². The summed E-state index contributed by atoms with van der Waals surface area (Å²) in [4.78, 5) is 0. The van der Waals surface area contributed by atoms with Crippen molar-refractivity contribution in [1.29, 1.82) is 0 Å². The molecule has 2 heteroatoms. The lowest BCUT2D eigenvalue weighted by molar-refractivity contribution is 0.350. The van der Waals surface area contributed by atoms with Crippen molar-refractivity contribution in [2.45, 2.75) is 6.92 Å². The van der Waals surface area contributed by atoms with Crippen molar-refractivity contribution < 1.29 is 9.84 Å². The topological polar surface area (TPSA) is 29.5 Å². The minimum atomic E-state index is -0.136. The number of ether oxygens (including phenoxy) is 1. The molecule has 2 aromatic rings. The van der Waals surface area contributed by atoms with Crippen LogP contribution in [0.4, 0.5) is 0 Å². The van der Waals surface area contributed by atoms with Crippen LogP contribution in [0.15, 0.2) is 48.5 Å². The molecule has 0 saturated heterocycles. The van der Waals surface area contributed by atoms with Crippen molar-refractivity contribution in [3.63, 3.8) is 0 Å². The highest BCUT2D eigenvalue weighted by Gasteiger charge is 1.97. The molecule has 0 bridgehead atoms. The van der Waals surface area contributed by atoms with Crippen molar-refractivity contribution in [2.24, 2.45) is 0 Å². The summed E-state index contributed by atoms with van der Waals surface area (Å²) in [6.07, 6.45) is 0. The highest BCUT2D eigenvalue weighted by atomic mass is 16.5. The molecule has 90 valence electrons. The van der Waals surface area contributed by atoms with Crippen LogP contribution < -0.4 is 4.74 Å². The van der Waals surface area contributed by atoms with Gasteiger partial charge in [0.1, 0.15) is 18.1 Å². The maximum absolute atomic E-state index is 8.65. The molecule has 0 unspecified atom stereocenters. The van der Waals surface area contributed by atoms with Crippen molar-refractivity contribution in [3.8, 4) is 23.3 Å². The second kappa shape index (κ2) is 5.90. The standard InChI is InChI=1S/C16H14O2/c1-13-7-9-15(10-8-13)18-16-6-2-4-14(12-16)5-3-11-17/h2,4,6-10,12,17H,11H2,1H3. The molecule has 2 aromatic carbocycles. The van der Waals surface area contributed by atoms with Crippen LogP contribution in [0.1, 0.15) is 11.1 Å². The van der Waals surface area contributed by atoms with Gasteiger partial charge in [0.2, 0.25) is 0 Å². The number of hydrogen-bond donors (Lipinski definition) is 1. The SMILES string of the molecule is Cc1ccc(Oc2cccc(C#CCO)c2)cc1. The first-order chi connectivity index (χ1) is 8.78. The fraction of sp³-hybridized carbons (Fsp3) is 0.125. The summed E-state index contributed by atoms with van der Waals surface area (Å²) in [6, 6.07) is 15.4. The van der Waals surface area contributed by atoms with Crippen LogP contribution in [0.3, 0.4) is 0 Å². The molecule has 0 fully saturated rings. The Bertz CT molecular complexity index is 574. The predicted molar refractivity (Wildman–Crippen MR) is 71.7 cm³/mol. The minimum absolute atomic E-state index is 0.136. The van der Waals surface area contributed by atoms with E-state index in [4.69, 9.17) is 9.84 Å². The number of rotatable bonds is 2. The summed E-state index contributed by atoms with van der Waals surface area (Å²) in [7, 11) is 0. The number of aliphatic hydroxyl groups excluding tert-OH is 1. The van der Waals surface area contributed by atoms with E-state index in [2.05, 4.69) is 11.8 Å². The van der Waals surface area contributed by atoms with Crippen molar-refractivity contribution in [2.75, 3.05) is 6.61 Å². The van der Waals surface area contributed by atoms with Gasteiger partial charge in [0.25, 0.3) is 0 Å². The normalized spacial score (nSPS) is 9.44. The lowest BCUT2D eigenvalue weighted by Gasteiger charge is -2.06. The lowest BCUT2D eigenvalue weighted by atomic mass is 10.2. The summed E-state index contributed by atoms with van der Waals surface area (Å²) in [5.74, 6) is 7.00. The molecule has 0 saturated carbocycles. The maximum atomic E-state index is 8.65. The smallest absolute Gasteiger partial charge is 0.128 e. The van der Waals surface area contributed by atoms with E-state index in [1.54, 1.807) is 0 Å². The zero-order valence-corrected chi connectivity index (χ0v) is 10.2. The Morgan fingerprint density at radius 1 is 1.06 bits per heavy atom. The third kappa shape index (κ3) is 3.38. The van der Waals surface area contributed by atoms with E-state index < -0.39 is 0 Å². The molecule has 1 N–H and O–H groups in total. The fourth-order valence-electron chi connectivity index (χ4n) is 1.52. The Morgan fingerprint density at radius 2 is 1.83 bits per heavy atom. The first-order valence-corrected chi connectivity index (χ1v) is 5.72. The van der Waals surface area contributed by atoms with E-state index in [-0.39, 0.29) is 6.61 Å². The Balaban J connectivity index is 2.16. The number of aryl methyl sites for hydroxylation is 1. The molecular formula is C16H14O2. The molecule has 0 atom stereocenters. The summed E-state index contributed by atoms with van der Waals surface area (Å²) >= 11 is 0. The molecule has 0 aliphatic heterocycles. The van der Waals surface area contributed by atoms with Gasteiger partial charge in [0, 0.05) is 5.56 Å². The summed E-state index contributed by atoms with van der Waals surface area (Å²) in [5.41, 5.74) is 2.03. The lowest BCUT2D eigenvalue weighted by Crippen LogP contribution is -1.85. The van der Waals surface area contributed by atoms with E-state index in [9.17, 15) is 0 Å². The van der Waals surface area contributed by atoms with E-state index in [1.807, 2.05) is 55.5 Å². The molecule has 0 aromatic heterocycles. The van der Waals surface area contributed by atoms with Gasteiger partial charge < -0.3 is 9.84 Å². The molecule has 2 rings (SSSR count). The Labute approximate surface area is 107 Å². The third-order valence-electron chi connectivity index (χ3n) is 2.40. The van der Waals surface area contributed by atoms with Gasteiger partial charge in [-0.3, -0.25) is 0 Å². The quantitative estimate of drug-likeness (QED) is 0.814. The van der Waals surface area contributed by atoms with Crippen molar-refractivity contribution in [3.05, 3.63) is 59.7 Å². The minimum Gasteiger partial charge on any atom is -0.457 e. The monoisotopic (exact) mass is 238 g/mol. The molecule has 0 heterocycles. The maximum Gasteiger partial charge on any atom is 0.128 e. The van der Waals surface area contributed by atoms with Crippen LogP contribution >= 0.6 is 0 Å². The summed E-state index contributed by atoms with van der Waals surface area (Å²) in [5, 5.41) is 8.65. The second-order valence-corrected chi connectivity index (χ2v) is 3.90. The largest absolute Gasteiger partial charge is 0.457 e. The average Bonchev–Trinajstić information content (AvgIpc) is 2.40. The Kier molecular flexibility index (Phi) is 4.01. The molecule has 0 aliphatic carbocycles. The van der Waals surface area contributed by atoms with Crippen LogP contribution in [0, 0.1) is 18.8 Å². The van der Waals surface area contributed by atoms with E-state index >= 15 is 0 Å². The van der Waals surface area contributed by atoms with Gasteiger partial charge in [-0.05, 0) is 37.3 Å². The predicted octanol–water partition coefficient (Wildman–Crippen LogP) is 3.13. The first kappa shape index (κ1) is 12.2. The Morgan fingerprint density at radius 3 is 2.56 bits per heavy atom. The van der Waals surface area contributed by atoms with Gasteiger partial charge in [0.15, 0.2) is 0 Å². The summed E-state index contributed by atoms with van der Waals surface area (Å²) < 4.78 is 5.72. The highest BCUT2D eigenvalue weighted by molar-refractivity contribution is 5.41. The molecule has 0 spiro atoms. The van der Waals surface area contributed by atoms with Gasteiger partial charge in [-0.2, -0.15) is 0 Å². The number of benzene rings is 2. The van der Waals surface area contributed by atoms with Gasteiger partial charge in [-0.15, -0.1) is 0 Å². The molecule has 0 radical (unpaired) electrons. The molecular weight excluding hydrogens is 224 g/mol. The van der Waals surface area contributed by atoms with Crippen molar-refractivity contribution in [1.82, 2.24) is 0 Å². The van der Waals surface area contributed by atoms with Crippen LogP contribution in [0.5, 0.6) is 11.5 Å². The van der Waals surface area contributed by atoms with Crippen molar-refractivity contribution >= 4 is 0 Å². The van der Waals surface area contributed by atoms with Crippen LogP contribution in [0.25, 0.3) is 0 Å². The highest BCUT2D eigenvalue weighted by Crippen LogP contribution is 2.22. The van der Waals surface area contributed by atoms with Gasteiger partial charge in [0.05, 0.1) is 0 Å². The number of hydrogen-bond acceptors (Lipinski definition) is 2. The van der Waals surface area contributed by atoms with E-state index in [0.29, 0.717) is 0 Å². The van der Waals surface area contributed by atoms with Crippen LogP contribution in [0.2, 0.25) is 0 Å². The van der Waals surface area contributed by atoms with Gasteiger partial charge >= 0.3 is 0 Å². The fourth-order valence-corrected chi connectivity index (χ4v) is 1.52.